The van der Waals surface area contributed by atoms with Gasteiger partial charge in [-0.25, -0.2) is 0 Å². The van der Waals surface area contributed by atoms with Gasteiger partial charge in [-0.2, -0.15) is 14.9 Å². The normalized spacial score (nSPS) is 11.4. The van der Waals surface area contributed by atoms with Gasteiger partial charge in [0.15, 0.2) is 0 Å². The van der Waals surface area contributed by atoms with Crippen molar-refractivity contribution in [2.75, 3.05) is 0 Å². The summed E-state index contributed by atoms with van der Waals surface area (Å²) < 4.78 is 9.22. The van der Waals surface area contributed by atoms with Crippen LogP contribution in [-0.4, -0.2) is 21.1 Å². The Morgan fingerprint density at radius 3 is 2.68 bits per heavy atom. The number of H-pyrrole nitrogens is 1. The molecular formula is C21H17BrN4OS. The van der Waals surface area contributed by atoms with E-state index in [0.717, 1.165) is 32.1 Å². The highest BCUT2D eigenvalue weighted by atomic mass is 79.9. The summed E-state index contributed by atoms with van der Waals surface area (Å²) in [5.74, 6) is 1.46. The van der Waals surface area contributed by atoms with Crippen LogP contribution in [0.25, 0.3) is 10.8 Å². The molecular weight excluding hydrogens is 436 g/mol. The third kappa shape index (κ3) is 3.90. The molecule has 0 unspecified atom stereocenters. The average molecular weight is 453 g/mol. The van der Waals surface area contributed by atoms with Gasteiger partial charge in [0.05, 0.1) is 6.21 Å². The molecule has 4 aromatic rings. The zero-order valence-corrected chi connectivity index (χ0v) is 17.5. The van der Waals surface area contributed by atoms with Crippen LogP contribution in [0.1, 0.15) is 17.0 Å². The number of aromatic amines is 1. The van der Waals surface area contributed by atoms with Crippen LogP contribution in [0.2, 0.25) is 0 Å². The highest BCUT2D eigenvalue weighted by Crippen LogP contribution is 2.27. The topological polar surface area (TPSA) is 55.2 Å². The number of hydrogen-bond acceptors (Lipinski definition) is 4. The van der Waals surface area contributed by atoms with Gasteiger partial charge in [-0.3, -0.25) is 5.10 Å². The van der Waals surface area contributed by atoms with Gasteiger partial charge in [0, 0.05) is 10.0 Å². The van der Waals surface area contributed by atoms with E-state index in [-0.39, 0.29) is 0 Å². The van der Waals surface area contributed by atoms with Crippen LogP contribution in [0, 0.1) is 11.7 Å². The summed E-state index contributed by atoms with van der Waals surface area (Å²) in [5, 5.41) is 13.5. The lowest BCUT2D eigenvalue weighted by Gasteiger charge is -2.12. The Morgan fingerprint density at radius 1 is 1.14 bits per heavy atom. The smallest absolute Gasteiger partial charge is 0.216 e. The van der Waals surface area contributed by atoms with Gasteiger partial charge >= 0.3 is 0 Å². The maximum Gasteiger partial charge on any atom is 0.216 e. The second kappa shape index (κ2) is 8.08. The molecule has 0 spiro atoms. The Hall–Kier alpha value is -2.77. The number of fused-ring (bicyclic) bond motifs is 1. The van der Waals surface area contributed by atoms with E-state index in [9.17, 15) is 0 Å². The highest BCUT2D eigenvalue weighted by Gasteiger charge is 2.08. The molecule has 0 saturated carbocycles. The first-order valence-corrected chi connectivity index (χ1v) is 9.89. The standard InChI is InChI=1S/C21H17BrN4OS/c1-14-24-25-21(28)26(14)23-12-19-18-5-3-2-4-16(18)8-11-20(19)27-13-15-6-9-17(22)10-7-15/h2-12H,13H2,1H3,(H,25,28)/b23-12+. The first-order valence-electron chi connectivity index (χ1n) is 8.69. The molecule has 7 heteroatoms. The number of hydrogen-bond donors (Lipinski definition) is 1. The number of halogens is 1. The Kier molecular flexibility index (Phi) is 5.36. The number of ether oxygens (including phenoxy) is 1. The molecule has 28 heavy (non-hydrogen) atoms. The molecule has 0 aliphatic carbocycles. The predicted molar refractivity (Wildman–Crippen MR) is 118 cm³/mol. The van der Waals surface area contributed by atoms with E-state index < -0.39 is 0 Å². The summed E-state index contributed by atoms with van der Waals surface area (Å²) >= 11 is 8.69. The molecule has 5 nitrogen and oxygen atoms in total. The van der Waals surface area contributed by atoms with E-state index in [1.807, 2.05) is 49.4 Å². The molecule has 4 rings (SSSR count). The molecule has 0 aliphatic rings. The maximum absolute atomic E-state index is 6.14. The molecule has 0 fully saturated rings. The molecule has 0 saturated heterocycles. The number of nitrogens with zero attached hydrogens (tertiary/aromatic N) is 3. The Bertz CT molecular complexity index is 1210. The Morgan fingerprint density at radius 2 is 1.93 bits per heavy atom. The van der Waals surface area contributed by atoms with Crippen LogP contribution >= 0.6 is 28.1 Å². The van der Waals surface area contributed by atoms with Crippen LogP contribution in [-0.2, 0) is 6.61 Å². The molecule has 1 N–H and O–H groups in total. The molecule has 140 valence electrons. The maximum atomic E-state index is 6.14. The van der Waals surface area contributed by atoms with Crippen LogP contribution in [0.15, 0.2) is 70.2 Å². The monoisotopic (exact) mass is 452 g/mol. The van der Waals surface area contributed by atoms with Crippen molar-refractivity contribution in [1.82, 2.24) is 14.9 Å². The van der Waals surface area contributed by atoms with Crippen molar-refractivity contribution in [3.05, 3.63) is 86.9 Å². The summed E-state index contributed by atoms with van der Waals surface area (Å²) in [6.45, 7) is 2.31. The summed E-state index contributed by atoms with van der Waals surface area (Å²) in [6.07, 6.45) is 1.78. The van der Waals surface area contributed by atoms with E-state index in [2.05, 4.69) is 49.4 Å². The van der Waals surface area contributed by atoms with Crippen molar-refractivity contribution in [1.29, 1.82) is 0 Å². The van der Waals surface area contributed by atoms with E-state index in [1.165, 1.54) is 0 Å². The van der Waals surface area contributed by atoms with Crippen LogP contribution < -0.4 is 4.74 Å². The lowest BCUT2D eigenvalue weighted by molar-refractivity contribution is 0.306. The minimum atomic E-state index is 0.450. The molecule has 0 atom stereocenters. The van der Waals surface area contributed by atoms with E-state index in [1.54, 1.807) is 10.9 Å². The van der Waals surface area contributed by atoms with E-state index in [0.29, 0.717) is 17.2 Å². The molecule has 0 aliphatic heterocycles. The zero-order valence-electron chi connectivity index (χ0n) is 15.1. The number of aryl methyl sites for hydroxylation is 1. The van der Waals surface area contributed by atoms with Crippen LogP contribution in [0.3, 0.4) is 0 Å². The fourth-order valence-corrected chi connectivity index (χ4v) is 3.39. The van der Waals surface area contributed by atoms with Gasteiger partial charge in [0.25, 0.3) is 0 Å². The predicted octanol–water partition coefficient (Wildman–Crippen LogP) is 5.63. The van der Waals surface area contributed by atoms with Crippen molar-refractivity contribution >= 4 is 45.1 Å². The first-order chi connectivity index (χ1) is 13.6. The largest absolute Gasteiger partial charge is 0.488 e. The van der Waals surface area contributed by atoms with E-state index in [4.69, 9.17) is 17.0 Å². The summed E-state index contributed by atoms with van der Waals surface area (Å²) in [5.41, 5.74) is 1.99. The third-order valence-electron chi connectivity index (χ3n) is 4.35. The first kappa shape index (κ1) is 18.6. The SMILES string of the molecule is Cc1n[nH]c(=S)n1/N=C/c1c(OCc2ccc(Br)cc2)ccc2ccccc12. The third-order valence-corrected chi connectivity index (χ3v) is 5.15. The van der Waals surface area contributed by atoms with Crippen molar-refractivity contribution in [3.8, 4) is 5.75 Å². The Balaban J connectivity index is 1.72. The Labute approximate surface area is 175 Å². The molecule has 0 radical (unpaired) electrons. The van der Waals surface area contributed by atoms with Crippen molar-refractivity contribution < 1.29 is 4.74 Å². The fourth-order valence-electron chi connectivity index (χ4n) is 2.90. The molecule has 0 amide bonds. The van der Waals surface area contributed by atoms with Crippen LogP contribution in [0.4, 0.5) is 0 Å². The molecule has 1 aromatic heterocycles. The molecule has 1 heterocycles. The van der Waals surface area contributed by atoms with Crippen molar-refractivity contribution in [2.24, 2.45) is 5.10 Å². The second-order valence-corrected chi connectivity index (χ2v) is 7.55. The van der Waals surface area contributed by atoms with Gasteiger partial charge in [-0.1, -0.05) is 58.4 Å². The van der Waals surface area contributed by atoms with Crippen molar-refractivity contribution in [3.63, 3.8) is 0 Å². The fraction of sp³-hybridized carbons (Fsp3) is 0.0952. The average Bonchev–Trinajstić information content (AvgIpc) is 3.03. The number of nitrogens with one attached hydrogen (secondary N) is 1. The minimum absolute atomic E-state index is 0.450. The van der Waals surface area contributed by atoms with Crippen LogP contribution in [0.5, 0.6) is 5.75 Å². The summed E-state index contributed by atoms with van der Waals surface area (Å²) in [4.78, 5) is 0. The van der Waals surface area contributed by atoms with Gasteiger partial charge in [-0.05, 0) is 53.7 Å². The summed E-state index contributed by atoms with van der Waals surface area (Å²) in [6, 6.07) is 20.3. The highest BCUT2D eigenvalue weighted by molar-refractivity contribution is 9.10. The lowest BCUT2D eigenvalue weighted by Crippen LogP contribution is -2.00. The van der Waals surface area contributed by atoms with Gasteiger partial charge in [-0.15, -0.1) is 0 Å². The van der Waals surface area contributed by atoms with Gasteiger partial charge < -0.3 is 4.74 Å². The second-order valence-electron chi connectivity index (χ2n) is 6.25. The minimum Gasteiger partial charge on any atom is -0.488 e. The quantitative estimate of drug-likeness (QED) is 0.315. The van der Waals surface area contributed by atoms with Gasteiger partial charge in [0.2, 0.25) is 4.77 Å². The lowest BCUT2D eigenvalue weighted by atomic mass is 10.0. The number of aromatic nitrogens is 3. The van der Waals surface area contributed by atoms with Crippen molar-refractivity contribution in [2.45, 2.75) is 13.5 Å². The number of benzene rings is 3. The zero-order chi connectivity index (χ0) is 19.5. The number of rotatable bonds is 5. The van der Waals surface area contributed by atoms with Gasteiger partial charge in [0.1, 0.15) is 18.2 Å². The molecule has 3 aromatic carbocycles. The molecule has 0 bridgehead atoms. The van der Waals surface area contributed by atoms with E-state index >= 15 is 0 Å². The summed E-state index contributed by atoms with van der Waals surface area (Å²) in [7, 11) is 0.